The van der Waals surface area contributed by atoms with Crippen LogP contribution in [0.5, 0.6) is 0 Å². The molecular formula is C19H30N2. The molecule has 1 aliphatic heterocycles. The van der Waals surface area contributed by atoms with E-state index < -0.39 is 0 Å². The summed E-state index contributed by atoms with van der Waals surface area (Å²) in [6.07, 6.45) is 4.40. The Bertz CT molecular complexity index is 463. The van der Waals surface area contributed by atoms with E-state index in [9.17, 15) is 0 Å². The summed E-state index contributed by atoms with van der Waals surface area (Å²) in [5.74, 6) is 1.98. The average molecular weight is 286 g/mol. The number of benzene rings is 1. The van der Waals surface area contributed by atoms with Gasteiger partial charge >= 0.3 is 0 Å². The van der Waals surface area contributed by atoms with Gasteiger partial charge in [0.1, 0.15) is 0 Å². The average Bonchev–Trinajstić information content (AvgIpc) is 2.97. The van der Waals surface area contributed by atoms with Crippen molar-refractivity contribution in [2.24, 2.45) is 11.8 Å². The molecule has 1 aromatic carbocycles. The second-order valence-corrected chi connectivity index (χ2v) is 8.02. The van der Waals surface area contributed by atoms with Crippen LogP contribution < -0.4 is 5.32 Å². The van der Waals surface area contributed by atoms with Crippen LogP contribution in [0.1, 0.15) is 51.2 Å². The van der Waals surface area contributed by atoms with Crippen molar-refractivity contribution in [2.45, 2.75) is 58.7 Å². The van der Waals surface area contributed by atoms with Gasteiger partial charge in [-0.15, -0.1) is 0 Å². The first-order valence-corrected chi connectivity index (χ1v) is 8.55. The minimum absolute atomic E-state index is 0.178. The maximum absolute atomic E-state index is 3.62. The number of nitrogens with zero attached hydrogens (tertiary/aromatic N) is 1. The molecule has 0 radical (unpaired) electrons. The van der Waals surface area contributed by atoms with E-state index in [1.54, 1.807) is 0 Å². The SMILES string of the molecule is CC(C)(C)NCc1ccccc1CN1CC2CCCC2C1. The summed E-state index contributed by atoms with van der Waals surface area (Å²) in [6, 6.07) is 8.95. The Morgan fingerprint density at radius 3 is 2.29 bits per heavy atom. The third-order valence-electron chi connectivity index (χ3n) is 5.12. The lowest BCUT2D eigenvalue weighted by Gasteiger charge is -2.23. The molecule has 0 spiro atoms. The Hall–Kier alpha value is -0.860. The highest BCUT2D eigenvalue weighted by molar-refractivity contribution is 5.27. The summed E-state index contributed by atoms with van der Waals surface area (Å²) >= 11 is 0. The first-order chi connectivity index (χ1) is 10.0. The number of nitrogens with one attached hydrogen (secondary N) is 1. The maximum atomic E-state index is 3.62. The second kappa shape index (κ2) is 6.10. The zero-order valence-corrected chi connectivity index (χ0v) is 13.9. The normalized spacial score (nSPS) is 26.2. The van der Waals surface area contributed by atoms with Crippen LogP contribution in [0, 0.1) is 11.8 Å². The van der Waals surface area contributed by atoms with Crippen LogP contribution in [-0.4, -0.2) is 23.5 Å². The van der Waals surface area contributed by atoms with Crippen molar-refractivity contribution in [3.8, 4) is 0 Å². The molecule has 1 aliphatic carbocycles. The lowest BCUT2D eigenvalue weighted by Crippen LogP contribution is -2.35. The van der Waals surface area contributed by atoms with Gasteiger partial charge in [0.15, 0.2) is 0 Å². The Morgan fingerprint density at radius 2 is 1.67 bits per heavy atom. The molecule has 2 nitrogen and oxygen atoms in total. The molecule has 1 N–H and O–H groups in total. The molecule has 2 aliphatic rings. The van der Waals surface area contributed by atoms with E-state index in [0.717, 1.165) is 24.9 Å². The molecule has 0 aromatic heterocycles. The van der Waals surface area contributed by atoms with Crippen LogP contribution in [0.25, 0.3) is 0 Å². The molecule has 1 heterocycles. The Balaban J connectivity index is 1.63. The zero-order valence-electron chi connectivity index (χ0n) is 13.9. The number of hydrogen-bond donors (Lipinski definition) is 1. The van der Waals surface area contributed by atoms with Crippen molar-refractivity contribution in [1.82, 2.24) is 10.2 Å². The van der Waals surface area contributed by atoms with E-state index in [0.29, 0.717) is 0 Å². The van der Waals surface area contributed by atoms with E-state index in [2.05, 4.69) is 55.3 Å². The molecule has 2 unspecified atom stereocenters. The molecule has 0 amide bonds. The molecule has 21 heavy (non-hydrogen) atoms. The van der Waals surface area contributed by atoms with Gasteiger partial charge in [0, 0.05) is 31.7 Å². The number of fused-ring (bicyclic) bond motifs is 1. The van der Waals surface area contributed by atoms with Crippen LogP contribution in [0.3, 0.4) is 0 Å². The molecule has 2 heteroatoms. The van der Waals surface area contributed by atoms with Crippen LogP contribution in [0.15, 0.2) is 24.3 Å². The molecule has 116 valence electrons. The summed E-state index contributed by atoms with van der Waals surface area (Å²) in [5, 5.41) is 3.62. The Labute approximate surface area is 129 Å². The van der Waals surface area contributed by atoms with Gasteiger partial charge in [0.25, 0.3) is 0 Å². The predicted molar refractivity (Wildman–Crippen MR) is 89.1 cm³/mol. The van der Waals surface area contributed by atoms with Gasteiger partial charge in [-0.05, 0) is 56.6 Å². The minimum Gasteiger partial charge on any atom is -0.308 e. The number of likely N-dealkylation sites (tertiary alicyclic amines) is 1. The van der Waals surface area contributed by atoms with E-state index >= 15 is 0 Å². The van der Waals surface area contributed by atoms with Gasteiger partial charge in [0.05, 0.1) is 0 Å². The highest BCUT2D eigenvalue weighted by atomic mass is 15.2. The molecule has 1 saturated heterocycles. The molecule has 2 atom stereocenters. The quantitative estimate of drug-likeness (QED) is 0.905. The molecule has 2 fully saturated rings. The Morgan fingerprint density at radius 1 is 1.05 bits per heavy atom. The smallest absolute Gasteiger partial charge is 0.0237 e. The largest absolute Gasteiger partial charge is 0.308 e. The lowest BCUT2D eigenvalue weighted by atomic mass is 10.0. The molecule has 1 aromatic rings. The van der Waals surface area contributed by atoms with Gasteiger partial charge in [-0.1, -0.05) is 30.7 Å². The highest BCUT2D eigenvalue weighted by Crippen LogP contribution is 2.38. The van der Waals surface area contributed by atoms with Crippen molar-refractivity contribution in [3.63, 3.8) is 0 Å². The van der Waals surface area contributed by atoms with Gasteiger partial charge in [0.2, 0.25) is 0 Å². The van der Waals surface area contributed by atoms with Crippen molar-refractivity contribution in [1.29, 1.82) is 0 Å². The van der Waals surface area contributed by atoms with Gasteiger partial charge in [-0.3, -0.25) is 4.90 Å². The topological polar surface area (TPSA) is 15.3 Å². The standard InChI is InChI=1S/C19H30N2/c1-19(2,3)20-11-15-7-4-5-8-16(15)12-21-13-17-9-6-10-18(17)14-21/h4-5,7-8,17-18,20H,6,9-14H2,1-3H3. The minimum atomic E-state index is 0.178. The summed E-state index contributed by atoms with van der Waals surface area (Å²) in [6.45, 7) is 11.5. The maximum Gasteiger partial charge on any atom is 0.0237 e. The fourth-order valence-electron chi connectivity index (χ4n) is 3.95. The van der Waals surface area contributed by atoms with Gasteiger partial charge < -0.3 is 5.32 Å². The van der Waals surface area contributed by atoms with Crippen LogP contribution in [0.2, 0.25) is 0 Å². The summed E-state index contributed by atoms with van der Waals surface area (Å²) in [7, 11) is 0. The number of hydrogen-bond acceptors (Lipinski definition) is 2. The Kier molecular flexibility index (Phi) is 4.37. The van der Waals surface area contributed by atoms with Crippen molar-refractivity contribution < 1.29 is 0 Å². The van der Waals surface area contributed by atoms with Crippen LogP contribution in [-0.2, 0) is 13.1 Å². The van der Waals surface area contributed by atoms with E-state index in [-0.39, 0.29) is 5.54 Å². The van der Waals surface area contributed by atoms with Crippen LogP contribution in [0.4, 0.5) is 0 Å². The van der Waals surface area contributed by atoms with Gasteiger partial charge in [-0.2, -0.15) is 0 Å². The molecule has 1 saturated carbocycles. The fourth-order valence-corrected chi connectivity index (χ4v) is 3.95. The van der Waals surface area contributed by atoms with E-state index in [1.165, 1.54) is 43.5 Å². The van der Waals surface area contributed by atoms with Gasteiger partial charge in [-0.25, -0.2) is 0 Å². The zero-order chi connectivity index (χ0) is 14.9. The monoisotopic (exact) mass is 286 g/mol. The first-order valence-electron chi connectivity index (χ1n) is 8.55. The van der Waals surface area contributed by atoms with Crippen molar-refractivity contribution >= 4 is 0 Å². The highest BCUT2D eigenvalue weighted by Gasteiger charge is 2.35. The summed E-state index contributed by atoms with van der Waals surface area (Å²) in [5.41, 5.74) is 3.15. The van der Waals surface area contributed by atoms with Crippen LogP contribution >= 0.6 is 0 Å². The molecular weight excluding hydrogens is 256 g/mol. The molecule has 3 rings (SSSR count). The second-order valence-electron chi connectivity index (χ2n) is 8.02. The lowest BCUT2D eigenvalue weighted by molar-refractivity contribution is 0.302. The van der Waals surface area contributed by atoms with Crippen molar-refractivity contribution in [3.05, 3.63) is 35.4 Å². The third-order valence-corrected chi connectivity index (χ3v) is 5.12. The van der Waals surface area contributed by atoms with Crippen molar-refractivity contribution in [2.75, 3.05) is 13.1 Å². The predicted octanol–water partition coefficient (Wildman–Crippen LogP) is 3.81. The first kappa shape index (κ1) is 15.1. The molecule has 0 bridgehead atoms. The van der Waals surface area contributed by atoms with E-state index in [1.807, 2.05) is 0 Å². The summed E-state index contributed by atoms with van der Waals surface area (Å²) in [4.78, 5) is 2.68. The van der Waals surface area contributed by atoms with E-state index in [4.69, 9.17) is 0 Å². The number of rotatable bonds is 4. The fraction of sp³-hybridized carbons (Fsp3) is 0.684. The summed E-state index contributed by atoms with van der Waals surface area (Å²) < 4.78 is 0. The third kappa shape index (κ3) is 3.87.